The van der Waals surface area contributed by atoms with E-state index in [9.17, 15) is 14.0 Å². The number of rotatable bonds is 7. The number of H-pyrrole nitrogens is 1. The number of hydrogen-bond donors (Lipinski definition) is 2. The second-order valence-corrected chi connectivity index (χ2v) is 10.3. The Balaban J connectivity index is 1.28. The Bertz CT molecular complexity index is 1730. The molecule has 10 nitrogen and oxygen atoms in total. The van der Waals surface area contributed by atoms with E-state index < -0.39 is 12.3 Å². The van der Waals surface area contributed by atoms with Crippen LogP contribution in [-0.4, -0.2) is 56.9 Å². The molecule has 3 aromatic carbocycles. The highest BCUT2D eigenvalue weighted by Gasteiger charge is 2.36. The predicted molar refractivity (Wildman–Crippen MR) is 153 cm³/mol. The Hall–Kier alpha value is -4.55. The first-order chi connectivity index (χ1) is 19.9. The van der Waals surface area contributed by atoms with Crippen LogP contribution in [0.3, 0.4) is 0 Å². The van der Waals surface area contributed by atoms with Gasteiger partial charge in [-0.2, -0.15) is 5.10 Å². The molecule has 5 aromatic rings. The number of nitrogens with zero attached hydrogens (tertiary/aromatic N) is 4. The van der Waals surface area contributed by atoms with E-state index in [1.54, 1.807) is 21.7 Å². The van der Waals surface area contributed by atoms with Crippen molar-refractivity contribution < 1.29 is 23.5 Å². The average molecular weight is 619 g/mol. The van der Waals surface area contributed by atoms with Crippen LogP contribution in [0.15, 0.2) is 77.4 Å². The lowest BCUT2D eigenvalue weighted by atomic mass is 10.1. The molecule has 1 unspecified atom stereocenters. The van der Waals surface area contributed by atoms with Crippen molar-refractivity contribution >= 4 is 44.9 Å². The van der Waals surface area contributed by atoms with E-state index in [2.05, 4.69) is 36.0 Å². The first-order valence-electron chi connectivity index (χ1n) is 12.7. The molecule has 2 N–H and O–H groups in total. The zero-order chi connectivity index (χ0) is 28.5. The first-order valence-corrected chi connectivity index (χ1v) is 13.5. The summed E-state index contributed by atoms with van der Waals surface area (Å²) < 4.78 is 27.0. The molecule has 12 heteroatoms. The molecule has 6 rings (SSSR count). The SMILES string of the molecule is COC(=O)Nc1nc2ccc(CCN3C(=O)COC3c3cn(-c4ccc(Br)cc4)nc3-c3ccc(F)cc3)cc2[nH]1. The molecule has 1 fully saturated rings. The second-order valence-electron chi connectivity index (χ2n) is 9.41. The van der Waals surface area contributed by atoms with E-state index >= 15 is 0 Å². The second kappa shape index (κ2) is 11.1. The molecule has 2 aromatic heterocycles. The maximum Gasteiger partial charge on any atom is 0.413 e. The van der Waals surface area contributed by atoms with Gasteiger partial charge in [0.15, 0.2) is 6.23 Å². The summed E-state index contributed by atoms with van der Waals surface area (Å²) in [5.41, 5.74) is 5.23. The van der Waals surface area contributed by atoms with Gasteiger partial charge < -0.3 is 19.4 Å². The number of benzene rings is 3. The topological polar surface area (TPSA) is 114 Å². The van der Waals surface area contributed by atoms with Gasteiger partial charge in [-0.15, -0.1) is 0 Å². The number of fused-ring (bicyclic) bond motifs is 1. The van der Waals surface area contributed by atoms with Gasteiger partial charge in [-0.05, 0) is 72.6 Å². The smallest absolute Gasteiger partial charge is 0.413 e. The molecule has 0 spiro atoms. The molecule has 0 bridgehead atoms. The van der Waals surface area contributed by atoms with Gasteiger partial charge >= 0.3 is 6.09 Å². The monoisotopic (exact) mass is 618 g/mol. The molecule has 0 aliphatic carbocycles. The van der Waals surface area contributed by atoms with Gasteiger partial charge in [0, 0.05) is 28.3 Å². The van der Waals surface area contributed by atoms with Crippen LogP contribution in [-0.2, 0) is 20.7 Å². The molecule has 2 amide bonds. The van der Waals surface area contributed by atoms with Crippen LogP contribution in [0, 0.1) is 5.82 Å². The van der Waals surface area contributed by atoms with E-state index in [0.717, 1.165) is 21.2 Å². The zero-order valence-corrected chi connectivity index (χ0v) is 23.4. The summed E-state index contributed by atoms with van der Waals surface area (Å²) in [5.74, 6) is -0.203. The van der Waals surface area contributed by atoms with Gasteiger partial charge in [0.05, 0.1) is 23.8 Å². The third-order valence-corrected chi connectivity index (χ3v) is 7.31. The zero-order valence-electron chi connectivity index (χ0n) is 21.8. The predicted octanol–water partition coefficient (Wildman–Crippen LogP) is 5.60. The van der Waals surface area contributed by atoms with Gasteiger partial charge in [0.25, 0.3) is 5.91 Å². The molecule has 1 atom stereocenters. The van der Waals surface area contributed by atoms with Gasteiger partial charge in [0.2, 0.25) is 5.95 Å². The van der Waals surface area contributed by atoms with Crippen LogP contribution < -0.4 is 5.32 Å². The fourth-order valence-electron chi connectivity index (χ4n) is 4.75. The van der Waals surface area contributed by atoms with Crippen LogP contribution in [0.1, 0.15) is 17.4 Å². The average Bonchev–Trinajstić information content (AvgIpc) is 3.68. The maximum absolute atomic E-state index is 13.7. The minimum Gasteiger partial charge on any atom is -0.453 e. The molecule has 3 heterocycles. The minimum absolute atomic E-state index is 0.0564. The highest BCUT2D eigenvalue weighted by molar-refractivity contribution is 9.10. The van der Waals surface area contributed by atoms with Crippen LogP contribution >= 0.6 is 15.9 Å². The van der Waals surface area contributed by atoms with E-state index in [1.165, 1.54) is 19.2 Å². The van der Waals surface area contributed by atoms with Crippen molar-refractivity contribution in [1.29, 1.82) is 0 Å². The van der Waals surface area contributed by atoms with Crippen LogP contribution in [0.5, 0.6) is 0 Å². The molecular weight excluding hydrogens is 595 g/mol. The minimum atomic E-state index is -0.668. The Kier molecular flexibility index (Phi) is 7.25. The van der Waals surface area contributed by atoms with Crippen molar-refractivity contribution in [2.45, 2.75) is 12.6 Å². The normalized spacial score (nSPS) is 15.0. The van der Waals surface area contributed by atoms with Crippen molar-refractivity contribution in [2.75, 3.05) is 25.6 Å². The van der Waals surface area contributed by atoms with E-state index in [1.807, 2.05) is 48.7 Å². The van der Waals surface area contributed by atoms with Gasteiger partial charge in [-0.25, -0.2) is 18.9 Å². The van der Waals surface area contributed by atoms with Crippen molar-refractivity contribution in [3.8, 4) is 16.9 Å². The molecule has 0 radical (unpaired) electrons. The number of halogens is 2. The van der Waals surface area contributed by atoms with E-state index in [-0.39, 0.29) is 24.3 Å². The molecule has 208 valence electrons. The quantitative estimate of drug-likeness (QED) is 0.245. The molecule has 1 saturated heterocycles. The summed E-state index contributed by atoms with van der Waals surface area (Å²) in [6.07, 6.45) is 1.11. The van der Waals surface area contributed by atoms with Crippen molar-refractivity contribution in [2.24, 2.45) is 0 Å². The number of methoxy groups -OCH3 is 1. The first kappa shape index (κ1) is 26.7. The Morgan fingerprint density at radius 1 is 1.17 bits per heavy atom. The van der Waals surface area contributed by atoms with Gasteiger partial charge in [-0.1, -0.05) is 22.0 Å². The lowest BCUT2D eigenvalue weighted by molar-refractivity contribution is -0.128. The number of anilines is 1. The largest absolute Gasteiger partial charge is 0.453 e. The fraction of sp³-hybridized carbons (Fsp3) is 0.172. The number of hydrogen-bond acceptors (Lipinski definition) is 6. The van der Waals surface area contributed by atoms with E-state index in [0.29, 0.717) is 35.3 Å². The number of aromatic amines is 1. The summed E-state index contributed by atoms with van der Waals surface area (Å²) in [6, 6.07) is 19.5. The van der Waals surface area contributed by atoms with Crippen LogP contribution in [0.4, 0.5) is 15.1 Å². The van der Waals surface area contributed by atoms with Crippen LogP contribution in [0.25, 0.3) is 28.0 Å². The summed E-state index contributed by atoms with van der Waals surface area (Å²) in [4.78, 5) is 33.6. The number of carbonyl (C=O) groups excluding carboxylic acids is 2. The fourth-order valence-corrected chi connectivity index (χ4v) is 5.01. The Morgan fingerprint density at radius 3 is 2.71 bits per heavy atom. The summed E-state index contributed by atoms with van der Waals surface area (Å²) >= 11 is 3.46. The number of imidazole rings is 1. The lowest BCUT2D eigenvalue weighted by Gasteiger charge is -2.23. The summed E-state index contributed by atoms with van der Waals surface area (Å²) in [7, 11) is 1.28. The summed E-state index contributed by atoms with van der Waals surface area (Å²) in [6.45, 7) is 0.335. The van der Waals surface area contributed by atoms with Crippen LogP contribution in [0.2, 0.25) is 0 Å². The van der Waals surface area contributed by atoms with Gasteiger partial charge in [-0.3, -0.25) is 10.1 Å². The number of nitrogens with one attached hydrogen (secondary N) is 2. The molecule has 41 heavy (non-hydrogen) atoms. The molecular formula is C29H24BrFN6O4. The number of aromatic nitrogens is 4. The Morgan fingerprint density at radius 2 is 1.95 bits per heavy atom. The third kappa shape index (κ3) is 5.56. The molecule has 1 aliphatic rings. The Labute approximate surface area is 242 Å². The number of ether oxygens (including phenoxy) is 2. The lowest BCUT2D eigenvalue weighted by Crippen LogP contribution is -2.30. The molecule has 1 aliphatic heterocycles. The third-order valence-electron chi connectivity index (χ3n) is 6.78. The number of carbonyl (C=O) groups is 2. The number of amides is 2. The highest BCUT2D eigenvalue weighted by atomic mass is 79.9. The maximum atomic E-state index is 13.7. The standard InChI is InChI=1S/C29H24BrFN6O4/c1-40-29(39)34-28-32-23-11-2-17(14-24(23)33-28)12-13-36-25(38)16-41-27(36)22-15-37(21-9-5-19(30)6-10-21)35-26(22)18-3-7-20(31)8-4-18/h2-11,14-15,27H,12-13,16H2,1H3,(H2,32,33,34,39). The summed E-state index contributed by atoms with van der Waals surface area (Å²) in [5, 5.41) is 7.32. The van der Waals surface area contributed by atoms with Gasteiger partial charge in [0.1, 0.15) is 18.1 Å². The highest BCUT2D eigenvalue weighted by Crippen LogP contribution is 2.35. The van der Waals surface area contributed by atoms with Crippen molar-refractivity contribution in [3.63, 3.8) is 0 Å². The van der Waals surface area contributed by atoms with Crippen molar-refractivity contribution in [1.82, 2.24) is 24.6 Å². The van der Waals surface area contributed by atoms with Crippen molar-refractivity contribution in [3.05, 3.63) is 94.3 Å². The van der Waals surface area contributed by atoms with E-state index in [4.69, 9.17) is 9.84 Å². The molecule has 0 saturated carbocycles.